The van der Waals surface area contributed by atoms with Crippen LogP contribution >= 0.6 is 15.6 Å². The Kier molecular flexibility index (Phi) is 75.0. The second-order valence-corrected chi connectivity index (χ2v) is 29.5. The molecule has 0 aliphatic heterocycles. The van der Waals surface area contributed by atoms with Gasteiger partial charge in [0, 0.05) is 25.7 Å². The third-order valence-electron chi connectivity index (χ3n) is 16.3. The highest BCUT2D eigenvalue weighted by molar-refractivity contribution is 7.47. The zero-order valence-electron chi connectivity index (χ0n) is 66.9. The first kappa shape index (κ1) is 102. The van der Waals surface area contributed by atoms with Crippen LogP contribution in [0.5, 0.6) is 0 Å². The van der Waals surface area contributed by atoms with E-state index in [-0.39, 0.29) is 25.7 Å². The fourth-order valence-electron chi connectivity index (χ4n) is 10.1. The number of phosphoric ester groups is 2. The normalized spacial score (nSPS) is 14.8. The zero-order chi connectivity index (χ0) is 78.9. The Labute approximate surface area is 654 Å². The van der Waals surface area contributed by atoms with Crippen LogP contribution in [-0.4, -0.2) is 96.7 Å². The Morgan fingerprint density at radius 1 is 0.269 bits per heavy atom. The van der Waals surface area contributed by atoms with Crippen molar-refractivity contribution in [2.45, 2.75) is 316 Å². The second-order valence-electron chi connectivity index (χ2n) is 26.6. The van der Waals surface area contributed by atoms with Crippen molar-refractivity contribution in [3.63, 3.8) is 0 Å². The molecule has 0 amide bonds. The van der Waals surface area contributed by atoms with Crippen LogP contribution in [0.25, 0.3) is 0 Å². The summed E-state index contributed by atoms with van der Waals surface area (Å²) in [4.78, 5) is 73.1. The molecule has 108 heavy (non-hydrogen) atoms. The van der Waals surface area contributed by atoms with E-state index in [9.17, 15) is 43.2 Å². The lowest BCUT2D eigenvalue weighted by molar-refractivity contribution is -0.161. The zero-order valence-corrected chi connectivity index (χ0v) is 68.7. The van der Waals surface area contributed by atoms with Gasteiger partial charge in [0.15, 0.2) is 12.2 Å². The third-order valence-corrected chi connectivity index (χ3v) is 18.2. The van der Waals surface area contributed by atoms with Crippen LogP contribution in [0.4, 0.5) is 0 Å². The van der Waals surface area contributed by atoms with Crippen molar-refractivity contribution >= 4 is 39.5 Å². The highest BCUT2D eigenvalue weighted by Crippen LogP contribution is 2.45. The average Bonchev–Trinajstić information content (AvgIpc) is 0.903. The summed E-state index contributed by atoms with van der Waals surface area (Å²) < 4.78 is 68.5. The number of phosphoric acid groups is 2. The lowest BCUT2D eigenvalue weighted by Crippen LogP contribution is -2.30. The van der Waals surface area contributed by atoms with Gasteiger partial charge >= 0.3 is 39.5 Å². The highest BCUT2D eigenvalue weighted by Gasteiger charge is 2.30. The molecular weight excluding hydrogens is 1400 g/mol. The summed E-state index contributed by atoms with van der Waals surface area (Å²) in [6.45, 7) is 4.46. The molecule has 3 N–H and O–H groups in total. The maximum absolute atomic E-state index is 13.1. The molecule has 19 heteroatoms. The molecule has 0 spiro atoms. The van der Waals surface area contributed by atoms with Crippen LogP contribution in [0.1, 0.15) is 297 Å². The van der Waals surface area contributed by atoms with Crippen molar-refractivity contribution in [2.24, 2.45) is 0 Å². The summed E-state index contributed by atoms with van der Waals surface area (Å²) in [6, 6.07) is 0. The van der Waals surface area contributed by atoms with Gasteiger partial charge in [0.1, 0.15) is 19.3 Å². The van der Waals surface area contributed by atoms with Gasteiger partial charge in [-0.1, -0.05) is 287 Å². The Morgan fingerprint density at radius 2 is 0.509 bits per heavy atom. The van der Waals surface area contributed by atoms with Gasteiger partial charge in [0.05, 0.1) is 26.4 Å². The number of esters is 4. The molecule has 612 valence electrons. The lowest BCUT2D eigenvalue weighted by atomic mass is 10.1. The smallest absolute Gasteiger partial charge is 0.462 e. The number of ether oxygens (including phenoxy) is 4. The van der Waals surface area contributed by atoms with Crippen molar-refractivity contribution in [2.75, 3.05) is 39.6 Å². The van der Waals surface area contributed by atoms with Crippen LogP contribution < -0.4 is 0 Å². The molecule has 0 aromatic rings. The number of hydrogen-bond donors (Lipinski definition) is 3. The minimum absolute atomic E-state index is 0.00536. The molecule has 0 aromatic heterocycles. The summed E-state index contributed by atoms with van der Waals surface area (Å²) in [5, 5.41) is 10.7. The molecular formula is C89H144O17P2. The van der Waals surface area contributed by atoms with Crippen LogP contribution in [0.15, 0.2) is 182 Å². The van der Waals surface area contributed by atoms with Gasteiger partial charge in [-0.15, -0.1) is 0 Å². The fraction of sp³-hybridized carbons (Fsp3) is 0.618. The molecule has 17 nitrogen and oxygen atoms in total. The highest BCUT2D eigenvalue weighted by atomic mass is 31.2. The van der Waals surface area contributed by atoms with E-state index in [2.05, 4.69) is 167 Å². The molecule has 0 saturated heterocycles. The summed E-state index contributed by atoms with van der Waals surface area (Å²) in [6.07, 6.45) is 96.1. The second kappa shape index (κ2) is 79.3. The first-order chi connectivity index (χ1) is 52.7. The topological polar surface area (TPSA) is 237 Å². The van der Waals surface area contributed by atoms with E-state index in [1.807, 2.05) is 42.5 Å². The first-order valence-electron chi connectivity index (χ1n) is 41.0. The predicted octanol–water partition coefficient (Wildman–Crippen LogP) is 24.3. The van der Waals surface area contributed by atoms with Crippen molar-refractivity contribution < 1.29 is 80.2 Å². The number of aliphatic hydroxyl groups excluding tert-OH is 1. The van der Waals surface area contributed by atoms with Crippen LogP contribution in [-0.2, 0) is 65.4 Å². The molecule has 0 radical (unpaired) electrons. The number of rotatable bonds is 75. The van der Waals surface area contributed by atoms with Crippen molar-refractivity contribution in [3.05, 3.63) is 182 Å². The molecule has 0 saturated carbocycles. The first-order valence-corrected chi connectivity index (χ1v) is 44.0. The molecule has 5 atom stereocenters. The van der Waals surface area contributed by atoms with Crippen LogP contribution in [0.3, 0.4) is 0 Å². The minimum Gasteiger partial charge on any atom is -0.462 e. The molecule has 0 bridgehead atoms. The Balaban J connectivity index is 5.56. The van der Waals surface area contributed by atoms with Crippen molar-refractivity contribution in [3.8, 4) is 0 Å². The molecule has 0 rings (SSSR count). The maximum atomic E-state index is 13.1. The molecule has 0 heterocycles. The third kappa shape index (κ3) is 78.3. The summed E-state index contributed by atoms with van der Waals surface area (Å²) in [7, 11) is -10.0. The summed E-state index contributed by atoms with van der Waals surface area (Å²) in [5.74, 6) is -2.42. The monoisotopic (exact) mass is 1550 g/mol. The fourth-order valence-corrected chi connectivity index (χ4v) is 11.7. The lowest BCUT2D eigenvalue weighted by Gasteiger charge is -2.21. The number of hydrogen-bond acceptors (Lipinski definition) is 15. The molecule has 0 aliphatic rings. The Hall–Kier alpha value is -5.84. The summed E-state index contributed by atoms with van der Waals surface area (Å²) >= 11 is 0. The number of carbonyl (C=O) groups is 4. The molecule has 0 fully saturated rings. The van der Waals surface area contributed by atoms with E-state index in [4.69, 9.17) is 37.0 Å². The maximum Gasteiger partial charge on any atom is 0.472 e. The standard InChI is InChI=1S/C89H144O17P2/c1-5-9-13-17-21-25-29-33-37-40-41-44-46-50-54-58-62-66-70-74-87(92)100-80-85(106-89(94)76-72-68-64-60-56-52-48-43-39-35-31-27-23-19-15-11-7-3)82-104-108(97,98)102-78-83(90)77-101-107(95,96)103-81-84(79-99-86(91)73-69-65-61-57-53-49-45-36-32-28-24-20-16-12-8-4)105-88(93)75-71-67-63-59-55-51-47-42-38-34-30-26-22-18-14-10-6-2/h9,13,21-23,25-28,32-35,37-39,41,44,47-48,50-52,54,59-60,62-64,66,83-85,90H,5-8,10-12,14-20,24,29-31,36,40,42-43,45-46,49,53,55-58,61,65,67-82H2,1-4H3,(H,95,96)(H,97,98)/b13-9-,25-21-,26-22-,27-23-,32-28-,37-33-,38-34-,39-35-,44-41-,51-47-,52-48-,54-50-,63-59-,64-60-,66-62-/t83-,84+,85+/m0/s1. The Bertz CT molecular complexity index is 2760. The van der Waals surface area contributed by atoms with E-state index >= 15 is 0 Å². The predicted molar refractivity (Wildman–Crippen MR) is 445 cm³/mol. The van der Waals surface area contributed by atoms with Gasteiger partial charge in [-0.2, -0.15) is 0 Å². The SMILES string of the molecule is CC/C=C\C/C=C\C/C=C\C/C=C\C/C=C\C/C=C\CCC(=O)OC[C@H](COP(=O)(O)OC[C@@H](O)COP(=O)(O)OC[C@@H](COC(=O)CCCCCCCCC/C=C\CCCCCC)OC(=O)CCC/C=C\C/C=C\C/C=C\C/C=C\CCCCC)OC(=O)CCC/C=C\C/C=C\C/C=C\C/C=C\CCCCC. The number of aliphatic hydroxyl groups is 1. The van der Waals surface area contributed by atoms with E-state index in [0.717, 1.165) is 135 Å². The van der Waals surface area contributed by atoms with Gasteiger partial charge in [-0.05, 0) is 167 Å². The number of allylic oxidation sites excluding steroid dienone is 30. The van der Waals surface area contributed by atoms with E-state index in [1.54, 1.807) is 0 Å². The van der Waals surface area contributed by atoms with Gasteiger partial charge in [0.25, 0.3) is 0 Å². The van der Waals surface area contributed by atoms with Crippen LogP contribution in [0, 0.1) is 0 Å². The van der Waals surface area contributed by atoms with Gasteiger partial charge < -0.3 is 33.8 Å². The van der Waals surface area contributed by atoms with E-state index < -0.39 is 97.5 Å². The largest absolute Gasteiger partial charge is 0.472 e. The van der Waals surface area contributed by atoms with Gasteiger partial charge in [-0.25, -0.2) is 9.13 Å². The van der Waals surface area contributed by atoms with Crippen LogP contribution in [0.2, 0.25) is 0 Å². The van der Waals surface area contributed by atoms with E-state index in [1.165, 1.54) is 64.2 Å². The van der Waals surface area contributed by atoms with E-state index in [0.29, 0.717) is 44.9 Å². The average molecular weight is 1550 g/mol. The Morgan fingerprint density at radius 3 is 0.852 bits per heavy atom. The molecule has 2 unspecified atom stereocenters. The minimum atomic E-state index is -5.02. The van der Waals surface area contributed by atoms with Crippen molar-refractivity contribution in [1.29, 1.82) is 0 Å². The van der Waals surface area contributed by atoms with Crippen molar-refractivity contribution in [1.82, 2.24) is 0 Å². The number of unbranched alkanes of at least 4 members (excludes halogenated alkanes) is 19. The van der Waals surface area contributed by atoms with Gasteiger partial charge in [0.2, 0.25) is 0 Å². The molecule has 0 aromatic carbocycles. The summed E-state index contributed by atoms with van der Waals surface area (Å²) in [5.41, 5.74) is 0. The molecule has 0 aliphatic carbocycles. The quantitative estimate of drug-likeness (QED) is 0.0169. The number of carbonyl (C=O) groups excluding carboxylic acids is 4. The van der Waals surface area contributed by atoms with Gasteiger partial charge in [-0.3, -0.25) is 37.3 Å².